The van der Waals surface area contributed by atoms with Crippen LogP contribution in [-0.4, -0.2) is 28.6 Å². The number of para-hydroxylation sites is 1. The molecule has 4 aromatic rings. The molecule has 3 aromatic heterocycles. The number of anilines is 1. The van der Waals surface area contributed by atoms with Crippen molar-refractivity contribution >= 4 is 50.9 Å². The maximum absolute atomic E-state index is 6.60. The molecule has 2 aliphatic heterocycles. The summed E-state index contributed by atoms with van der Waals surface area (Å²) in [5, 5.41) is 7.74. The molecule has 1 saturated heterocycles. The lowest BCUT2D eigenvalue weighted by Gasteiger charge is -2.30. The Labute approximate surface area is 223 Å². The molecule has 0 amide bonds. The van der Waals surface area contributed by atoms with E-state index in [0.717, 1.165) is 46.4 Å². The highest BCUT2D eigenvalue weighted by Gasteiger charge is 2.31. The lowest BCUT2D eigenvalue weighted by atomic mass is 9.93. The van der Waals surface area contributed by atoms with Crippen LogP contribution >= 0.6 is 34.9 Å². The zero-order valence-electron chi connectivity index (χ0n) is 19.7. The van der Waals surface area contributed by atoms with Crippen molar-refractivity contribution in [3.8, 4) is 11.5 Å². The van der Waals surface area contributed by atoms with E-state index in [2.05, 4.69) is 44.2 Å². The zero-order valence-corrected chi connectivity index (χ0v) is 22.1. The van der Waals surface area contributed by atoms with Crippen molar-refractivity contribution in [1.82, 2.24) is 15.3 Å². The molecule has 2 aliphatic rings. The summed E-state index contributed by atoms with van der Waals surface area (Å²) in [6.45, 7) is 2.16. The molecule has 1 aromatic carbocycles. The van der Waals surface area contributed by atoms with Crippen molar-refractivity contribution in [2.45, 2.75) is 34.6 Å². The van der Waals surface area contributed by atoms with E-state index in [-0.39, 0.29) is 5.50 Å². The van der Waals surface area contributed by atoms with Crippen LogP contribution in [0.1, 0.15) is 19.3 Å². The Hall–Kier alpha value is -2.56. The Kier molecular flexibility index (Phi) is 7.16. The molecule has 1 atom stereocenters. The Morgan fingerprint density at radius 3 is 2.83 bits per heavy atom. The molecule has 1 fully saturated rings. The highest BCUT2D eigenvalue weighted by atomic mass is 32.2. The molecule has 0 saturated carbocycles. The second-order valence-electron chi connectivity index (χ2n) is 8.86. The highest BCUT2D eigenvalue weighted by Crippen LogP contribution is 2.44. The molecule has 6 nitrogen and oxygen atoms in total. The van der Waals surface area contributed by atoms with Crippen LogP contribution in [0.3, 0.4) is 0 Å². The van der Waals surface area contributed by atoms with Gasteiger partial charge in [-0.1, -0.05) is 41.7 Å². The van der Waals surface area contributed by atoms with Gasteiger partial charge in [-0.2, -0.15) is 0 Å². The smallest absolute Gasteiger partial charge is 0.178 e. The first-order valence-corrected chi connectivity index (χ1v) is 14.7. The summed E-state index contributed by atoms with van der Waals surface area (Å²) in [5.74, 6) is 2.89. The number of thioether (sulfide) groups is 1. The zero-order chi connectivity index (χ0) is 24.3. The summed E-state index contributed by atoms with van der Waals surface area (Å²) in [6, 6.07) is 16.1. The quantitative estimate of drug-likeness (QED) is 0.273. The van der Waals surface area contributed by atoms with Crippen molar-refractivity contribution in [3.05, 3.63) is 77.4 Å². The van der Waals surface area contributed by atoms with Crippen LogP contribution in [0.4, 0.5) is 5.82 Å². The summed E-state index contributed by atoms with van der Waals surface area (Å²) in [5.41, 5.74) is 8.61. The number of aromatic nitrogens is 2. The third-order valence-electron chi connectivity index (χ3n) is 6.41. The SMILES string of the molecule is NC1SC=C(CC2CCNCC2)N1c1ncc(Sc2ccnc3ccsc23)cc1Oc1ccccc1. The molecule has 184 valence electrons. The number of hydrogen-bond acceptors (Lipinski definition) is 9. The van der Waals surface area contributed by atoms with E-state index < -0.39 is 0 Å². The van der Waals surface area contributed by atoms with Crippen molar-refractivity contribution in [3.63, 3.8) is 0 Å². The van der Waals surface area contributed by atoms with Crippen LogP contribution in [0.5, 0.6) is 11.5 Å². The summed E-state index contributed by atoms with van der Waals surface area (Å²) in [6.07, 6.45) is 7.16. The average Bonchev–Trinajstić information content (AvgIpc) is 3.53. The Balaban J connectivity index is 1.34. The van der Waals surface area contributed by atoms with E-state index in [1.807, 2.05) is 42.7 Å². The van der Waals surface area contributed by atoms with Crippen molar-refractivity contribution in [2.24, 2.45) is 11.7 Å². The first-order valence-electron chi connectivity index (χ1n) is 12.1. The normalized spacial score (nSPS) is 18.5. The number of benzene rings is 1. The van der Waals surface area contributed by atoms with Gasteiger partial charge in [0.1, 0.15) is 11.2 Å². The van der Waals surface area contributed by atoms with Gasteiger partial charge < -0.3 is 20.7 Å². The number of nitrogens with zero attached hydrogens (tertiary/aromatic N) is 3. The number of allylic oxidation sites excluding steroid dienone is 1. The highest BCUT2D eigenvalue weighted by molar-refractivity contribution is 8.03. The minimum atomic E-state index is -0.225. The predicted molar refractivity (Wildman–Crippen MR) is 151 cm³/mol. The minimum absolute atomic E-state index is 0.225. The first-order chi connectivity index (χ1) is 17.7. The molecule has 1 unspecified atom stereocenters. The van der Waals surface area contributed by atoms with Gasteiger partial charge in [0.25, 0.3) is 0 Å². The van der Waals surface area contributed by atoms with Crippen molar-refractivity contribution in [1.29, 1.82) is 0 Å². The van der Waals surface area contributed by atoms with Gasteiger partial charge in [-0.05, 0) is 73.3 Å². The topological polar surface area (TPSA) is 76.3 Å². The van der Waals surface area contributed by atoms with Crippen LogP contribution in [0.2, 0.25) is 0 Å². The summed E-state index contributed by atoms with van der Waals surface area (Å²) < 4.78 is 7.61. The van der Waals surface area contributed by atoms with Gasteiger partial charge >= 0.3 is 0 Å². The molecule has 0 spiro atoms. The summed E-state index contributed by atoms with van der Waals surface area (Å²) >= 11 is 5.03. The first kappa shape index (κ1) is 23.8. The fraction of sp³-hybridized carbons (Fsp3) is 0.259. The second kappa shape index (κ2) is 10.8. The standard InChI is InChI=1S/C27H27N5OS3/c28-27-32(19(17-35-27)14-18-6-10-29-11-7-18)26-23(33-20-4-2-1-3-5-20)15-21(16-31-26)36-24-8-12-30-22-9-13-34-25(22)24/h1-5,8-9,12-13,15-18,27,29H,6-7,10-11,14,28H2. The molecule has 3 N–H and O–H groups in total. The molecular weight excluding hydrogens is 507 g/mol. The minimum Gasteiger partial charge on any atom is -0.453 e. The van der Waals surface area contributed by atoms with E-state index in [1.54, 1.807) is 34.9 Å². The van der Waals surface area contributed by atoms with E-state index >= 15 is 0 Å². The Morgan fingerprint density at radius 1 is 1.11 bits per heavy atom. The molecule has 6 rings (SSSR count). The Morgan fingerprint density at radius 2 is 1.97 bits per heavy atom. The molecule has 36 heavy (non-hydrogen) atoms. The maximum Gasteiger partial charge on any atom is 0.178 e. The number of piperidine rings is 1. The number of nitrogens with two attached hydrogens (primary N) is 1. The summed E-state index contributed by atoms with van der Waals surface area (Å²) in [7, 11) is 0. The number of fused-ring (bicyclic) bond motifs is 1. The van der Waals surface area contributed by atoms with Gasteiger partial charge in [0.2, 0.25) is 0 Å². The monoisotopic (exact) mass is 533 g/mol. The average molecular weight is 534 g/mol. The van der Waals surface area contributed by atoms with Crippen LogP contribution in [0.25, 0.3) is 10.2 Å². The van der Waals surface area contributed by atoms with E-state index in [4.69, 9.17) is 15.5 Å². The molecule has 0 aliphatic carbocycles. The molecule has 5 heterocycles. The Bertz CT molecular complexity index is 1370. The van der Waals surface area contributed by atoms with Gasteiger partial charge in [-0.15, -0.1) is 11.3 Å². The number of pyridine rings is 2. The van der Waals surface area contributed by atoms with Gasteiger partial charge in [-0.25, -0.2) is 4.98 Å². The largest absolute Gasteiger partial charge is 0.453 e. The van der Waals surface area contributed by atoms with E-state index in [0.29, 0.717) is 11.7 Å². The summed E-state index contributed by atoms with van der Waals surface area (Å²) in [4.78, 5) is 13.7. The molecule has 9 heteroatoms. The fourth-order valence-corrected chi connectivity index (χ4v) is 7.36. The van der Waals surface area contributed by atoms with Gasteiger partial charge in [0.15, 0.2) is 11.6 Å². The lowest BCUT2D eigenvalue weighted by Crippen LogP contribution is -2.37. The van der Waals surface area contributed by atoms with Crippen LogP contribution < -0.4 is 20.7 Å². The third-order valence-corrected chi connectivity index (χ3v) is 9.39. The number of nitrogens with one attached hydrogen (secondary N) is 1. The molecule has 0 radical (unpaired) electrons. The fourth-order valence-electron chi connectivity index (χ4n) is 4.62. The lowest BCUT2D eigenvalue weighted by molar-refractivity contribution is 0.369. The van der Waals surface area contributed by atoms with E-state index in [1.165, 1.54) is 23.2 Å². The number of hydrogen-bond donors (Lipinski definition) is 2. The van der Waals surface area contributed by atoms with Gasteiger partial charge in [-0.3, -0.25) is 4.98 Å². The van der Waals surface area contributed by atoms with E-state index in [9.17, 15) is 0 Å². The van der Waals surface area contributed by atoms with Crippen molar-refractivity contribution in [2.75, 3.05) is 18.0 Å². The third kappa shape index (κ3) is 5.12. The number of thiophene rings is 1. The van der Waals surface area contributed by atoms with Crippen LogP contribution in [0, 0.1) is 5.92 Å². The second-order valence-corrected chi connectivity index (χ2v) is 11.9. The number of ether oxygens (including phenoxy) is 1. The van der Waals surface area contributed by atoms with Crippen LogP contribution in [0.15, 0.2) is 87.2 Å². The van der Waals surface area contributed by atoms with Gasteiger partial charge in [0, 0.05) is 33.9 Å². The molecule has 0 bridgehead atoms. The van der Waals surface area contributed by atoms with Crippen LogP contribution in [-0.2, 0) is 0 Å². The predicted octanol–water partition coefficient (Wildman–Crippen LogP) is 6.66. The van der Waals surface area contributed by atoms with Crippen molar-refractivity contribution < 1.29 is 4.74 Å². The molecular formula is C27H27N5OS3. The van der Waals surface area contributed by atoms with Gasteiger partial charge in [0.05, 0.1) is 10.2 Å². The number of rotatable bonds is 7. The maximum atomic E-state index is 6.60.